The van der Waals surface area contributed by atoms with E-state index >= 15 is 0 Å². The van der Waals surface area contributed by atoms with Crippen LogP contribution < -0.4 is 9.47 Å². The standard InChI is InChI=1S/C17H24N2O4/c1-13(21-2)17(20)19-7-5-18(6-8-19)12-14-3-4-15-16(11-14)23-10-9-22-15/h3-4,11,13H,5-10,12H2,1-2H3/t13-/m1/s1. The highest BCUT2D eigenvalue weighted by Gasteiger charge is 2.25. The molecule has 2 aliphatic heterocycles. The van der Waals surface area contributed by atoms with E-state index in [1.54, 1.807) is 14.0 Å². The van der Waals surface area contributed by atoms with Crippen molar-refractivity contribution < 1.29 is 19.0 Å². The van der Waals surface area contributed by atoms with Crippen molar-refractivity contribution in [2.45, 2.75) is 19.6 Å². The van der Waals surface area contributed by atoms with Gasteiger partial charge in [0.2, 0.25) is 0 Å². The van der Waals surface area contributed by atoms with Gasteiger partial charge in [-0.05, 0) is 24.6 Å². The van der Waals surface area contributed by atoms with Gasteiger partial charge in [-0.2, -0.15) is 0 Å². The summed E-state index contributed by atoms with van der Waals surface area (Å²) in [5.41, 5.74) is 1.21. The van der Waals surface area contributed by atoms with Gasteiger partial charge in [0, 0.05) is 39.8 Å². The summed E-state index contributed by atoms with van der Waals surface area (Å²) in [5.74, 6) is 1.73. The van der Waals surface area contributed by atoms with E-state index in [1.807, 2.05) is 11.0 Å². The lowest BCUT2D eigenvalue weighted by atomic mass is 10.1. The van der Waals surface area contributed by atoms with E-state index in [-0.39, 0.29) is 12.0 Å². The molecule has 2 aliphatic rings. The number of amides is 1. The molecule has 1 fully saturated rings. The second kappa shape index (κ2) is 7.19. The van der Waals surface area contributed by atoms with Crippen LogP contribution in [0.2, 0.25) is 0 Å². The van der Waals surface area contributed by atoms with Gasteiger partial charge in [-0.25, -0.2) is 0 Å². The molecule has 0 spiro atoms. The molecule has 1 saturated heterocycles. The Morgan fingerprint density at radius 1 is 1.17 bits per heavy atom. The van der Waals surface area contributed by atoms with Crippen molar-refractivity contribution in [3.63, 3.8) is 0 Å². The highest BCUT2D eigenvalue weighted by atomic mass is 16.6. The van der Waals surface area contributed by atoms with Gasteiger partial charge in [-0.3, -0.25) is 9.69 Å². The average molecular weight is 320 g/mol. The summed E-state index contributed by atoms with van der Waals surface area (Å²) in [6.45, 7) is 7.11. The molecule has 0 aromatic heterocycles. The Kier molecular flexibility index (Phi) is 5.03. The Labute approximate surface area is 136 Å². The predicted octanol–water partition coefficient (Wildman–Crippen LogP) is 1.14. The largest absolute Gasteiger partial charge is 0.486 e. The molecule has 1 aromatic rings. The minimum atomic E-state index is -0.362. The lowest BCUT2D eigenvalue weighted by Gasteiger charge is -2.35. The van der Waals surface area contributed by atoms with Crippen LogP contribution in [0.25, 0.3) is 0 Å². The van der Waals surface area contributed by atoms with E-state index < -0.39 is 0 Å². The van der Waals surface area contributed by atoms with Crippen LogP contribution in [0, 0.1) is 0 Å². The van der Waals surface area contributed by atoms with Crippen molar-refractivity contribution in [2.24, 2.45) is 0 Å². The van der Waals surface area contributed by atoms with Gasteiger partial charge in [-0.15, -0.1) is 0 Å². The highest BCUT2D eigenvalue weighted by Crippen LogP contribution is 2.31. The van der Waals surface area contributed by atoms with E-state index in [0.29, 0.717) is 13.2 Å². The summed E-state index contributed by atoms with van der Waals surface area (Å²) in [4.78, 5) is 16.3. The van der Waals surface area contributed by atoms with Crippen molar-refractivity contribution >= 4 is 5.91 Å². The maximum absolute atomic E-state index is 12.1. The summed E-state index contributed by atoms with van der Waals surface area (Å²) in [5, 5.41) is 0. The molecule has 1 amide bonds. The fraction of sp³-hybridized carbons (Fsp3) is 0.588. The van der Waals surface area contributed by atoms with E-state index in [0.717, 1.165) is 44.2 Å². The Morgan fingerprint density at radius 3 is 2.57 bits per heavy atom. The van der Waals surface area contributed by atoms with Crippen LogP contribution in [0.1, 0.15) is 12.5 Å². The van der Waals surface area contributed by atoms with Crippen molar-refractivity contribution in [2.75, 3.05) is 46.5 Å². The predicted molar refractivity (Wildman–Crippen MR) is 85.8 cm³/mol. The van der Waals surface area contributed by atoms with Crippen LogP contribution in [0.5, 0.6) is 11.5 Å². The zero-order chi connectivity index (χ0) is 16.2. The fourth-order valence-electron chi connectivity index (χ4n) is 2.93. The minimum absolute atomic E-state index is 0.0754. The maximum atomic E-state index is 12.1. The lowest BCUT2D eigenvalue weighted by Crippen LogP contribution is -2.50. The normalized spacial score (nSPS) is 19.5. The molecule has 0 saturated carbocycles. The molecule has 0 aliphatic carbocycles. The molecule has 0 N–H and O–H groups in total. The van der Waals surface area contributed by atoms with E-state index in [9.17, 15) is 4.79 Å². The molecule has 3 rings (SSSR count). The topological polar surface area (TPSA) is 51.2 Å². The molecule has 0 unspecified atom stereocenters. The number of fused-ring (bicyclic) bond motifs is 1. The Hall–Kier alpha value is -1.79. The third-order valence-corrected chi connectivity index (χ3v) is 4.40. The Bertz CT molecular complexity index is 556. The first-order valence-electron chi connectivity index (χ1n) is 8.10. The van der Waals surface area contributed by atoms with Crippen LogP contribution in [-0.4, -0.2) is 68.3 Å². The Morgan fingerprint density at radius 2 is 1.87 bits per heavy atom. The molecule has 1 atom stereocenters. The number of methoxy groups -OCH3 is 1. The van der Waals surface area contributed by atoms with Crippen molar-refractivity contribution in [1.82, 2.24) is 9.80 Å². The van der Waals surface area contributed by atoms with Gasteiger partial charge in [0.05, 0.1) is 0 Å². The van der Waals surface area contributed by atoms with Gasteiger partial charge >= 0.3 is 0 Å². The summed E-state index contributed by atoms with van der Waals surface area (Å²) in [7, 11) is 1.57. The number of benzene rings is 1. The zero-order valence-electron chi connectivity index (χ0n) is 13.8. The summed E-state index contributed by atoms with van der Waals surface area (Å²) >= 11 is 0. The van der Waals surface area contributed by atoms with E-state index in [2.05, 4.69) is 17.0 Å². The number of nitrogens with zero attached hydrogens (tertiary/aromatic N) is 2. The van der Waals surface area contributed by atoms with Crippen LogP contribution in [0.15, 0.2) is 18.2 Å². The van der Waals surface area contributed by atoms with Crippen molar-refractivity contribution in [3.05, 3.63) is 23.8 Å². The smallest absolute Gasteiger partial charge is 0.251 e. The fourth-order valence-corrected chi connectivity index (χ4v) is 2.93. The van der Waals surface area contributed by atoms with Crippen LogP contribution in [-0.2, 0) is 16.1 Å². The molecular formula is C17H24N2O4. The van der Waals surface area contributed by atoms with Crippen molar-refractivity contribution in [3.8, 4) is 11.5 Å². The molecule has 0 bridgehead atoms. The molecule has 6 heteroatoms. The number of carbonyl (C=O) groups excluding carboxylic acids is 1. The summed E-state index contributed by atoms with van der Waals surface area (Å²) in [6.07, 6.45) is -0.362. The SMILES string of the molecule is CO[C@H](C)C(=O)N1CCN(Cc2ccc3c(c2)OCCO3)CC1. The van der Waals surface area contributed by atoms with Gasteiger partial charge in [0.1, 0.15) is 19.3 Å². The number of hydrogen-bond donors (Lipinski definition) is 0. The number of hydrogen-bond acceptors (Lipinski definition) is 5. The zero-order valence-corrected chi connectivity index (χ0v) is 13.8. The first-order chi connectivity index (χ1) is 11.2. The highest BCUT2D eigenvalue weighted by molar-refractivity contribution is 5.80. The first kappa shape index (κ1) is 16.1. The van der Waals surface area contributed by atoms with Crippen LogP contribution in [0.4, 0.5) is 0 Å². The molecule has 1 aromatic carbocycles. The Balaban J connectivity index is 1.54. The third-order valence-electron chi connectivity index (χ3n) is 4.40. The van der Waals surface area contributed by atoms with Crippen LogP contribution >= 0.6 is 0 Å². The number of ether oxygens (including phenoxy) is 3. The molecular weight excluding hydrogens is 296 g/mol. The number of carbonyl (C=O) groups is 1. The average Bonchev–Trinajstić information content (AvgIpc) is 2.61. The quantitative estimate of drug-likeness (QED) is 0.833. The first-order valence-corrected chi connectivity index (χ1v) is 8.10. The van der Waals surface area contributed by atoms with Crippen LogP contribution in [0.3, 0.4) is 0 Å². The monoisotopic (exact) mass is 320 g/mol. The summed E-state index contributed by atoms with van der Waals surface area (Å²) < 4.78 is 16.3. The maximum Gasteiger partial charge on any atom is 0.251 e. The van der Waals surface area contributed by atoms with E-state index in [4.69, 9.17) is 14.2 Å². The van der Waals surface area contributed by atoms with E-state index in [1.165, 1.54) is 5.56 Å². The number of rotatable bonds is 4. The molecule has 0 radical (unpaired) electrons. The van der Waals surface area contributed by atoms with Gasteiger partial charge in [0.15, 0.2) is 11.5 Å². The van der Waals surface area contributed by atoms with Gasteiger partial charge in [-0.1, -0.05) is 6.07 Å². The molecule has 2 heterocycles. The molecule has 23 heavy (non-hydrogen) atoms. The van der Waals surface area contributed by atoms with Gasteiger partial charge < -0.3 is 19.1 Å². The molecule has 126 valence electrons. The molecule has 6 nitrogen and oxygen atoms in total. The third kappa shape index (κ3) is 3.76. The lowest BCUT2D eigenvalue weighted by molar-refractivity contribution is -0.142. The minimum Gasteiger partial charge on any atom is -0.486 e. The second-order valence-electron chi connectivity index (χ2n) is 5.96. The number of piperazine rings is 1. The van der Waals surface area contributed by atoms with Crippen molar-refractivity contribution in [1.29, 1.82) is 0 Å². The van der Waals surface area contributed by atoms with Gasteiger partial charge in [0.25, 0.3) is 5.91 Å². The second-order valence-corrected chi connectivity index (χ2v) is 5.96. The summed E-state index contributed by atoms with van der Waals surface area (Å²) in [6, 6.07) is 6.11.